The third-order valence-corrected chi connectivity index (χ3v) is 5.02. The van der Waals surface area contributed by atoms with E-state index in [0.717, 1.165) is 11.6 Å². The summed E-state index contributed by atoms with van der Waals surface area (Å²) < 4.78 is 35.2. The van der Waals surface area contributed by atoms with Gasteiger partial charge in [0.1, 0.15) is 5.60 Å². The number of aryl methyl sites for hydroxylation is 1. The Morgan fingerprint density at radius 3 is 2.30 bits per heavy atom. The number of benzene rings is 1. The van der Waals surface area contributed by atoms with Crippen molar-refractivity contribution in [2.45, 2.75) is 51.2 Å². The Kier molecular flexibility index (Phi) is 8.02. The lowest BCUT2D eigenvalue weighted by atomic mass is 10.2. The molecule has 1 N–H and O–H groups in total. The fourth-order valence-electron chi connectivity index (χ4n) is 2.07. The van der Waals surface area contributed by atoms with Gasteiger partial charge in [0.2, 0.25) is 0 Å². The number of sulfone groups is 1. The van der Waals surface area contributed by atoms with Crippen molar-refractivity contribution in [1.29, 1.82) is 0 Å². The Labute approximate surface area is 160 Å². The van der Waals surface area contributed by atoms with Gasteiger partial charge in [-0.15, -0.1) is 0 Å². The molecule has 0 heterocycles. The zero-order valence-electron chi connectivity index (χ0n) is 16.3. The molecule has 1 aromatic carbocycles. The quantitative estimate of drug-likeness (QED) is 0.561. The van der Waals surface area contributed by atoms with Crippen LogP contribution >= 0.6 is 0 Å². The highest BCUT2D eigenvalue weighted by Gasteiger charge is 2.24. The molecule has 1 rings (SSSR count). The van der Waals surface area contributed by atoms with E-state index in [4.69, 9.17) is 9.47 Å². The van der Waals surface area contributed by atoms with Gasteiger partial charge in [0.25, 0.3) is 0 Å². The second-order valence-corrected chi connectivity index (χ2v) is 8.99. The average molecular weight is 397 g/mol. The van der Waals surface area contributed by atoms with E-state index in [9.17, 15) is 18.0 Å². The molecule has 0 saturated heterocycles. The number of hydrogen-bond donors (Lipinski definition) is 1. The fourth-order valence-corrected chi connectivity index (χ4v) is 3.48. The molecule has 0 aliphatic rings. The maximum atomic E-state index is 12.6. The molecule has 0 aliphatic heterocycles. The summed E-state index contributed by atoms with van der Waals surface area (Å²) in [6, 6.07) is 5.43. The van der Waals surface area contributed by atoms with Gasteiger partial charge in [0.05, 0.1) is 23.3 Å². The van der Waals surface area contributed by atoms with E-state index in [2.05, 4.69) is 5.32 Å². The maximum absolute atomic E-state index is 12.6. The third-order valence-electron chi connectivity index (χ3n) is 3.23. The van der Waals surface area contributed by atoms with Crippen LogP contribution in [-0.2, 0) is 24.1 Å². The molecule has 1 atom stereocenters. The highest BCUT2D eigenvalue weighted by Crippen LogP contribution is 2.14. The Morgan fingerprint density at radius 2 is 1.78 bits per heavy atom. The van der Waals surface area contributed by atoms with Gasteiger partial charge in [0.15, 0.2) is 9.84 Å². The maximum Gasteiger partial charge on any atom is 0.408 e. The Morgan fingerprint density at radius 1 is 1.19 bits per heavy atom. The zero-order valence-corrected chi connectivity index (χ0v) is 17.1. The van der Waals surface area contributed by atoms with Crippen LogP contribution in [0.5, 0.6) is 0 Å². The van der Waals surface area contributed by atoms with Crippen LogP contribution in [0.1, 0.15) is 33.3 Å². The minimum Gasteiger partial charge on any atom is -0.463 e. The first-order chi connectivity index (χ1) is 12.4. The van der Waals surface area contributed by atoms with E-state index >= 15 is 0 Å². The molecule has 0 spiro atoms. The predicted molar refractivity (Wildman–Crippen MR) is 102 cm³/mol. The fraction of sp³-hybridized carbons (Fsp3) is 0.474. The Hall–Kier alpha value is -2.35. The van der Waals surface area contributed by atoms with Crippen LogP contribution in [0.15, 0.2) is 41.3 Å². The topological polar surface area (TPSA) is 98.8 Å². The second kappa shape index (κ2) is 9.55. The second-order valence-electron chi connectivity index (χ2n) is 6.96. The summed E-state index contributed by atoms with van der Waals surface area (Å²) >= 11 is 0. The number of rotatable bonds is 7. The SMILES string of the molecule is CCOC(=O)/C=C/[C@H](CS(=O)(=O)c1ccc(C)cc1)NC(=O)OC(C)(C)C. The molecule has 0 radical (unpaired) electrons. The van der Waals surface area contributed by atoms with Gasteiger partial charge in [-0.2, -0.15) is 0 Å². The molecule has 0 aliphatic carbocycles. The van der Waals surface area contributed by atoms with Crippen LogP contribution in [0.3, 0.4) is 0 Å². The van der Waals surface area contributed by atoms with E-state index in [1.807, 2.05) is 6.92 Å². The van der Waals surface area contributed by atoms with Crippen LogP contribution in [0.2, 0.25) is 0 Å². The van der Waals surface area contributed by atoms with Gasteiger partial charge < -0.3 is 14.8 Å². The van der Waals surface area contributed by atoms with E-state index in [1.165, 1.54) is 18.2 Å². The average Bonchev–Trinajstić information content (AvgIpc) is 2.51. The van der Waals surface area contributed by atoms with Crippen molar-refractivity contribution < 1.29 is 27.5 Å². The summed E-state index contributed by atoms with van der Waals surface area (Å²) in [7, 11) is -3.70. The lowest BCUT2D eigenvalue weighted by Gasteiger charge is -2.22. The molecule has 0 bridgehead atoms. The predicted octanol–water partition coefficient (Wildman–Crippen LogP) is 2.78. The van der Waals surface area contributed by atoms with E-state index in [0.29, 0.717) is 0 Å². The van der Waals surface area contributed by atoms with Crippen molar-refractivity contribution in [3.05, 3.63) is 42.0 Å². The summed E-state index contributed by atoms with van der Waals surface area (Å²) in [5, 5.41) is 2.47. The monoisotopic (exact) mass is 397 g/mol. The van der Waals surface area contributed by atoms with Gasteiger partial charge >= 0.3 is 12.1 Å². The zero-order chi connectivity index (χ0) is 20.7. The molecular formula is C19H27NO6S. The van der Waals surface area contributed by atoms with Gasteiger partial charge in [-0.3, -0.25) is 0 Å². The first kappa shape index (κ1) is 22.7. The Balaban J connectivity index is 3.00. The molecule has 27 heavy (non-hydrogen) atoms. The minimum atomic E-state index is -3.70. The van der Waals surface area contributed by atoms with Crippen LogP contribution in [0.4, 0.5) is 4.79 Å². The van der Waals surface area contributed by atoms with Crippen molar-refractivity contribution in [2.75, 3.05) is 12.4 Å². The summed E-state index contributed by atoms with van der Waals surface area (Å²) in [6.07, 6.45) is 1.60. The van der Waals surface area contributed by atoms with Crippen LogP contribution in [-0.4, -0.2) is 44.5 Å². The highest BCUT2D eigenvalue weighted by molar-refractivity contribution is 7.91. The first-order valence-corrected chi connectivity index (χ1v) is 10.2. The molecule has 1 amide bonds. The summed E-state index contributed by atoms with van der Waals surface area (Å²) in [5.41, 5.74) is 0.189. The highest BCUT2D eigenvalue weighted by atomic mass is 32.2. The van der Waals surface area contributed by atoms with Gasteiger partial charge in [-0.25, -0.2) is 18.0 Å². The van der Waals surface area contributed by atoms with Gasteiger partial charge in [0, 0.05) is 6.08 Å². The van der Waals surface area contributed by atoms with Crippen molar-refractivity contribution >= 4 is 21.9 Å². The smallest absolute Gasteiger partial charge is 0.408 e. The number of esters is 1. The molecule has 0 aromatic heterocycles. The number of alkyl carbamates (subject to hydrolysis) is 1. The van der Waals surface area contributed by atoms with Crippen molar-refractivity contribution in [3.8, 4) is 0 Å². The summed E-state index contributed by atoms with van der Waals surface area (Å²) in [5.74, 6) is -1.05. The molecule has 7 nitrogen and oxygen atoms in total. The van der Waals surface area contributed by atoms with E-state index in [-0.39, 0.29) is 11.5 Å². The largest absolute Gasteiger partial charge is 0.463 e. The first-order valence-electron chi connectivity index (χ1n) is 8.57. The number of nitrogens with one attached hydrogen (secondary N) is 1. The lowest BCUT2D eigenvalue weighted by molar-refractivity contribution is -0.137. The van der Waals surface area contributed by atoms with Crippen LogP contribution in [0.25, 0.3) is 0 Å². The van der Waals surface area contributed by atoms with Crippen LogP contribution in [0, 0.1) is 6.92 Å². The Bertz CT molecular complexity index is 775. The lowest BCUT2D eigenvalue weighted by Crippen LogP contribution is -2.41. The van der Waals surface area contributed by atoms with E-state index < -0.39 is 39.3 Å². The number of amides is 1. The molecule has 0 saturated carbocycles. The molecular weight excluding hydrogens is 370 g/mol. The van der Waals surface area contributed by atoms with E-state index in [1.54, 1.807) is 39.8 Å². The molecule has 0 fully saturated rings. The normalized spacial score (nSPS) is 13.2. The number of ether oxygens (including phenoxy) is 2. The standard InChI is InChI=1S/C19H27NO6S/c1-6-25-17(21)12-9-15(20-18(22)26-19(3,4)5)13-27(23,24)16-10-7-14(2)8-11-16/h7-12,15H,6,13H2,1-5H3,(H,20,22)/b12-9+/t15-/m1/s1. The number of hydrogen-bond acceptors (Lipinski definition) is 6. The number of carbonyl (C=O) groups excluding carboxylic acids is 2. The molecule has 150 valence electrons. The summed E-state index contributed by atoms with van der Waals surface area (Å²) in [6.45, 7) is 8.78. The molecule has 1 aromatic rings. The number of carbonyl (C=O) groups is 2. The third kappa shape index (κ3) is 8.72. The van der Waals surface area contributed by atoms with Crippen LogP contribution < -0.4 is 5.32 Å². The van der Waals surface area contributed by atoms with Gasteiger partial charge in [-0.1, -0.05) is 23.8 Å². The minimum absolute atomic E-state index is 0.133. The molecule has 0 unspecified atom stereocenters. The van der Waals surface area contributed by atoms with Gasteiger partial charge in [-0.05, 0) is 46.8 Å². The molecule has 8 heteroatoms. The van der Waals surface area contributed by atoms with Crippen molar-refractivity contribution in [1.82, 2.24) is 5.32 Å². The van der Waals surface area contributed by atoms with Crippen molar-refractivity contribution in [3.63, 3.8) is 0 Å². The summed E-state index contributed by atoms with van der Waals surface area (Å²) in [4.78, 5) is 23.7. The van der Waals surface area contributed by atoms with Crippen molar-refractivity contribution in [2.24, 2.45) is 0 Å².